The van der Waals surface area contributed by atoms with Crippen LogP contribution in [0.5, 0.6) is 0 Å². The molecule has 0 radical (unpaired) electrons. The summed E-state index contributed by atoms with van der Waals surface area (Å²) < 4.78 is 5.39. The topological polar surface area (TPSA) is 71.3 Å². The maximum atomic E-state index is 12.3. The van der Waals surface area contributed by atoms with Gasteiger partial charge in [0.2, 0.25) is 11.8 Å². The summed E-state index contributed by atoms with van der Waals surface area (Å²) in [6, 6.07) is 0. The maximum Gasteiger partial charge on any atom is 0.232 e. The van der Waals surface area contributed by atoms with Crippen molar-refractivity contribution in [3.63, 3.8) is 0 Å². The first-order valence-electron chi connectivity index (χ1n) is 9.60. The predicted octanol–water partition coefficient (Wildman–Crippen LogP) is 2.89. The van der Waals surface area contributed by atoms with Gasteiger partial charge in [-0.25, -0.2) is 0 Å². The molecule has 1 atom stereocenters. The van der Waals surface area contributed by atoms with E-state index in [1.54, 1.807) is 0 Å². The molecule has 0 aromatic carbocycles. The summed E-state index contributed by atoms with van der Waals surface area (Å²) in [4.78, 5) is 19.2. The second-order valence-corrected chi connectivity index (χ2v) is 9.13. The van der Waals surface area contributed by atoms with Gasteiger partial charge in [0.05, 0.1) is 6.54 Å². The van der Waals surface area contributed by atoms with Crippen molar-refractivity contribution in [2.45, 2.75) is 71.8 Å². The lowest BCUT2D eigenvalue weighted by molar-refractivity contribution is -0.134. The molecule has 1 aromatic rings. The molecule has 2 fully saturated rings. The Hall–Kier alpha value is -1.43. The molecule has 0 bridgehead atoms. The van der Waals surface area contributed by atoms with Crippen LogP contribution in [0.4, 0.5) is 0 Å². The van der Waals surface area contributed by atoms with Crippen molar-refractivity contribution in [1.29, 1.82) is 0 Å². The van der Waals surface area contributed by atoms with E-state index in [0.717, 1.165) is 51.3 Å². The molecule has 1 amide bonds. The highest BCUT2D eigenvalue weighted by atomic mass is 16.5. The van der Waals surface area contributed by atoms with Crippen molar-refractivity contribution in [2.24, 2.45) is 11.3 Å². The van der Waals surface area contributed by atoms with Crippen molar-refractivity contribution in [3.05, 3.63) is 11.7 Å². The van der Waals surface area contributed by atoms with Gasteiger partial charge < -0.3 is 9.84 Å². The highest BCUT2D eigenvalue weighted by Crippen LogP contribution is 2.40. The van der Waals surface area contributed by atoms with E-state index in [4.69, 9.17) is 4.52 Å². The Kier molecular flexibility index (Phi) is 5.19. The maximum absolute atomic E-state index is 12.3. The lowest BCUT2D eigenvalue weighted by Gasteiger charge is -2.38. The molecule has 140 valence electrons. The van der Waals surface area contributed by atoms with Gasteiger partial charge in [-0.3, -0.25) is 9.69 Å². The van der Waals surface area contributed by atoms with Gasteiger partial charge in [-0.05, 0) is 38.1 Å². The molecule has 1 aliphatic heterocycles. The van der Waals surface area contributed by atoms with Gasteiger partial charge in [0.15, 0.2) is 5.82 Å². The zero-order chi connectivity index (χ0) is 18.1. The fraction of sp³-hybridized carbons (Fsp3) is 0.842. The minimum atomic E-state index is -0.113. The zero-order valence-corrected chi connectivity index (χ0v) is 16.1. The van der Waals surface area contributed by atoms with Gasteiger partial charge in [-0.2, -0.15) is 4.98 Å². The molecule has 6 nitrogen and oxygen atoms in total. The summed E-state index contributed by atoms with van der Waals surface area (Å²) in [5.41, 5.74) is -0.222. The van der Waals surface area contributed by atoms with Gasteiger partial charge in [0.1, 0.15) is 0 Å². The van der Waals surface area contributed by atoms with Crippen LogP contribution < -0.4 is 5.32 Å². The SMILES string of the molecule is CC1(C(=O)NCC2CCCN(Cc3noc(C(C)(C)C)n3)C2)CCC1. The molecule has 3 rings (SSSR count). The molecule has 1 saturated heterocycles. The monoisotopic (exact) mass is 348 g/mol. The number of nitrogens with zero attached hydrogens (tertiary/aromatic N) is 3. The molecule has 1 aliphatic carbocycles. The Morgan fingerprint density at radius 3 is 2.72 bits per heavy atom. The third-order valence-corrected chi connectivity index (χ3v) is 5.63. The van der Waals surface area contributed by atoms with E-state index in [9.17, 15) is 4.79 Å². The van der Waals surface area contributed by atoms with Gasteiger partial charge in [-0.15, -0.1) is 0 Å². The van der Waals surface area contributed by atoms with E-state index in [-0.39, 0.29) is 16.7 Å². The molecule has 1 N–H and O–H groups in total. The number of carbonyl (C=O) groups is 1. The lowest BCUT2D eigenvalue weighted by Crippen LogP contribution is -2.47. The summed E-state index contributed by atoms with van der Waals surface area (Å²) in [6.45, 7) is 11.9. The van der Waals surface area contributed by atoms with Crippen LogP contribution in [0, 0.1) is 11.3 Å². The standard InChI is InChI=1S/C19H32N4O2/c1-18(2,3)17-21-15(22-25-17)13-23-10-5-7-14(12-23)11-20-16(24)19(4)8-6-9-19/h14H,5-13H2,1-4H3,(H,20,24). The Bertz CT molecular complexity index is 601. The second-order valence-electron chi connectivity index (χ2n) is 9.13. The molecular formula is C19H32N4O2. The summed E-state index contributed by atoms with van der Waals surface area (Å²) in [6.07, 6.45) is 5.57. The van der Waals surface area contributed by atoms with Crippen molar-refractivity contribution in [3.8, 4) is 0 Å². The quantitative estimate of drug-likeness (QED) is 0.886. The Balaban J connectivity index is 1.48. The van der Waals surface area contributed by atoms with E-state index in [1.165, 1.54) is 12.8 Å². The van der Waals surface area contributed by atoms with Crippen LogP contribution in [-0.4, -0.2) is 40.6 Å². The molecular weight excluding hydrogens is 316 g/mol. The Morgan fingerprint density at radius 1 is 1.36 bits per heavy atom. The number of amides is 1. The van der Waals surface area contributed by atoms with Crippen molar-refractivity contribution in [1.82, 2.24) is 20.4 Å². The van der Waals surface area contributed by atoms with E-state index < -0.39 is 0 Å². The Morgan fingerprint density at radius 2 is 2.12 bits per heavy atom. The third-order valence-electron chi connectivity index (χ3n) is 5.63. The van der Waals surface area contributed by atoms with Crippen LogP contribution in [0.1, 0.15) is 71.5 Å². The smallest absolute Gasteiger partial charge is 0.232 e. The molecule has 1 saturated carbocycles. The van der Waals surface area contributed by atoms with Crippen molar-refractivity contribution in [2.75, 3.05) is 19.6 Å². The Labute approximate surface area is 150 Å². The number of piperidine rings is 1. The number of nitrogens with one attached hydrogen (secondary N) is 1. The average Bonchev–Trinajstić information content (AvgIpc) is 2.99. The highest BCUT2D eigenvalue weighted by molar-refractivity contribution is 5.83. The number of aromatic nitrogens is 2. The fourth-order valence-electron chi connectivity index (χ4n) is 3.67. The summed E-state index contributed by atoms with van der Waals surface area (Å²) in [5.74, 6) is 2.20. The minimum Gasteiger partial charge on any atom is -0.355 e. The van der Waals surface area contributed by atoms with Gasteiger partial charge in [0.25, 0.3) is 0 Å². The van der Waals surface area contributed by atoms with E-state index >= 15 is 0 Å². The van der Waals surface area contributed by atoms with Crippen molar-refractivity contribution < 1.29 is 9.32 Å². The minimum absolute atomic E-state index is 0.109. The lowest BCUT2D eigenvalue weighted by atomic mass is 9.70. The predicted molar refractivity (Wildman–Crippen MR) is 96.0 cm³/mol. The van der Waals surface area contributed by atoms with E-state index in [0.29, 0.717) is 11.8 Å². The van der Waals surface area contributed by atoms with Crippen LogP contribution in [0.15, 0.2) is 4.52 Å². The van der Waals surface area contributed by atoms with Crippen LogP contribution in [0.2, 0.25) is 0 Å². The van der Waals surface area contributed by atoms with Crippen LogP contribution >= 0.6 is 0 Å². The van der Waals surface area contributed by atoms with Gasteiger partial charge in [-0.1, -0.05) is 39.3 Å². The molecule has 6 heteroatoms. The number of rotatable bonds is 5. The molecule has 1 unspecified atom stereocenters. The van der Waals surface area contributed by atoms with Gasteiger partial charge in [0, 0.05) is 23.9 Å². The third kappa shape index (κ3) is 4.40. The fourth-order valence-corrected chi connectivity index (χ4v) is 3.67. The van der Waals surface area contributed by atoms with Crippen molar-refractivity contribution >= 4 is 5.91 Å². The number of hydrogen-bond acceptors (Lipinski definition) is 5. The molecule has 0 spiro atoms. The van der Waals surface area contributed by atoms with E-state index in [2.05, 4.69) is 48.1 Å². The number of carbonyl (C=O) groups excluding carboxylic acids is 1. The first-order chi connectivity index (χ1) is 11.8. The van der Waals surface area contributed by atoms with Crippen LogP contribution in [0.25, 0.3) is 0 Å². The van der Waals surface area contributed by atoms with Gasteiger partial charge >= 0.3 is 0 Å². The van der Waals surface area contributed by atoms with Crippen LogP contribution in [0.3, 0.4) is 0 Å². The normalized spacial score (nSPS) is 23.9. The molecule has 2 heterocycles. The number of hydrogen-bond donors (Lipinski definition) is 1. The molecule has 2 aliphatic rings. The summed E-state index contributed by atoms with van der Waals surface area (Å²) >= 11 is 0. The molecule has 25 heavy (non-hydrogen) atoms. The largest absolute Gasteiger partial charge is 0.355 e. The van der Waals surface area contributed by atoms with Crippen LogP contribution in [-0.2, 0) is 16.8 Å². The zero-order valence-electron chi connectivity index (χ0n) is 16.1. The second kappa shape index (κ2) is 7.06. The first kappa shape index (κ1) is 18.4. The number of likely N-dealkylation sites (tertiary alicyclic amines) is 1. The highest BCUT2D eigenvalue weighted by Gasteiger charge is 2.39. The molecule has 1 aromatic heterocycles. The summed E-state index contributed by atoms with van der Waals surface area (Å²) in [5, 5.41) is 7.32. The first-order valence-corrected chi connectivity index (χ1v) is 9.60. The average molecular weight is 348 g/mol. The van der Waals surface area contributed by atoms with E-state index in [1.807, 2.05) is 0 Å². The summed E-state index contributed by atoms with van der Waals surface area (Å²) in [7, 11) is 0.